The molecule has 86 valence electrons. The summed E-state index contributed by atoms with van der Waals surface area (Å²) in [6.07, 6.45) is 4.23. The maximum atomic E-state index is 10.9. The van der Waals surface area contributed by atoms with E-state index in [1.807, 2.05) is 6.07 Å². The van der Waals surface area contributed by atoms with E-state index in [1.54, 1.807) is 6.92 Å². The van der Waals surface area contributed by atoms with Crippen LogP contribution >= 0.6 is 0 Å². The van der Waals surface area contributed by atoms with Crippen molar-refractivity contribution in [2.75, 3.05) is 0 Å². The van der Waals surface area contributed by atoms with Crippen LogP contribution in [0.3, 0.4) is 0 Å². The van der Waals surface area contributed by atoms with Gasteiger partial charge in [0.2, 0.25) is 0 Å². The summed E-state index contributed by atoms with van der Waals surface area (Å²) in [6, 6.07) is 6.29. The lowest BCUT2D eigenvalue weighted by molar-refractivity contribution is 0.110. The second kappa shape index (κ2) is 3.84. The number of carbonyl (C=O) groups excluding carboxylic acids is 1. The second-order valence-electron chi connectivity index (χ2n) is 4.40. The molecule has 0 bridgehead atoms. The molecular weight excluding hydrogens is 214 g/mol. The van der Waals surface area contributed by atoms with Crippen LogP contribution in [-0.4, -0.2) is 11.3 Å². The Labute approximate surface area is 99.5 Å². The Bertz CT molecular complexity index is 584. The third kappa shape index (κ3) is 1.68. The summed E-state index contributed by atoms with van der Waals surface area (Å²) in [5.74, 6) is 0.850. The molecule has 2 aromatic rings. The molecular formula is C14H13NO2. The summed E-state index contributed by atoms with van der Waals surface area (Å²) >= 11 is 0. The van der Waals surface area contributed by atoms with Gasteiger partial charge >= 0.3 is 0 Å². The minimum Gasteiger partial charge on any atom is -0.438 e. The zero-order valence-electron chi connectivity index (χ0n) is 9.69. The minimum atomic E-state index is 0.320. The quantitative estimate of drug-likeness (QED) is 0.741. The van der Waals surface area contributed by atoms with Crippen LogP contribution in [0, 0.1) is 6.92 Å². The van der Waals surface area contributed by atoms with Crippen LogP contribution in [-0.2, 0) is 12.8 Å². The van der Waals surface area contributed by atoms with Crippen molar-refractivity contribution in [3.63, 3.8) is 0 Å². The smallest absolute Gasteiger partial charge is 0.195 e. The zero-order valence-corrected chi connectivity index (χ0v) is 9.69. The van der Waals surface area contributed by atoms with Crippen LogP contribution in [0.2, 0.25) is 0 Å². The van der Waals surface area contributed by atoms with E-state index < -0.39 is 0 Å². The first-order valence-electron chi connectivity index (χ1n) is 5.82. The molecule has 1 aromatic heterocycles. The van der Waals surface area contributed by atoms with E-state index in [1.165, 1.54) is 17.5 Å². The van der Waals surface area contributed by atoms with Gasteiger partial charge in [-0.05, 0) is 36.5 Å². The largest absolute Gasteiger partial charge is 0.438 e. The highest BCUT2D eigenvalue weighted by molar-refractivity contribution is 5.82. The summed E-state index contributed by atoms with van der Waals surface area (Å²) in [7, 11) is 0. The van der Waals surface area contributed by atoms with Crippen LogP contribution in [0.5, 0.6) is 0 Å². The fraction of sp³-hybridized carbons (Fsp3) is 0.286. The first kappa shape index (κ1) is 10.3. The van der Waals surface area contributed by atoms with Crippen molar-refractivity contribution in [3.05, 3.63) is 41.0 Å². The Kier molecular flexibility index (Phi) is 2.32. The van der Waals surface area contributed by atoms with E-state index in [0.717, 1.165) is 24.7 Å². The number of carbonyl (C=O) groups is 1. The summed E-state index contributed by atoms with van der Waals surface area (Å²) < 4.78 is 5.26. The number of oxazole rings is 1. The first-order valence-corrected chi connectivity index (χ1v) is 5.82. The third-order valence-corrected chi connectivity index (χ3v) is 3.24. The molecule has 0 spiro atoms. The number of nitrogens with zero attached hydrogens (tertiary/aromatic N) is 1. The second-order valence-corrected chi connectivity index (χ2v) is 4.40. The van der Waals surface area contributed by atoms with Crippen molar-refractivity contribution in [3.8, 4) is 11.3 Å². The lowest BCUT2D eigenvalue weighted by atomic mass is 10.0. The van der Waals surface area contributed by atoms with Crippen LogP contribution in [0.15, 0.2) is 22.6 Å². The van der Waals surface area contributed by atoms with Crippen molar-refractivity contribution in [2.24, 2.45) is 0 Å². The molecule has 0 fully saturated rings. The SMILES string of the molecule is Cc1nc(-c2ccc3c(c2)CCC3)c(C=O)o1. The van der Waals surface area contributed by atoms with Gasteiger partial charge < -0.3 is 4.42 Å². The average Bonchev–Trinajstić information content (AvgIpc) is 2.93. The standard InChI is InChI=1S/C14H13NO2/c1-9-15-14(13(8-16)17-9)12-6-5-10-3-2-4-11(10)7-12/h5-8H,2-4H2,1H3. The van der Waals surface area contributed by atoms with Crippen LogP contribution < -0.4 is 0 Å². The molecule has 17 heavy (non-hydrogen) atoms. The molecule has 1 aliphatic carbocycles. The van der Waals surface area contributed by atoms with Crippen molar-refractivity contribution < 1.29 is 9.21 Å². The molecule has 1 heterocycles. The minimum absolute atomic E-state index is 0.320. The molecule has 1 aromatic carbocycles. The lowest BCUT2D eigenvalue weighted by Gasteiger charge is -2.02. The molecule has 0 atom stereocenters. The topological polar surface area (TPSA) is 43.1 Å². The van der Waals surface area contributed by atoms with E-state index in [-0.39, 0.29) is 0 Å². The van der Waals surface area contributed by atoms with Crippen molar-refractivity contribution in [2.45, 2.75) is 26.2 Å². The maximum absolute atomic E-state index is 10.9. The number of aromatic nitrogens is 1. The van der Waals surface area contributed by atoms with E-state index >= 15 is 0 Å². The number of benzene rings is 1. The van der Waals surface area contributed by atoms with Crippen LogP contribution in [0.1, 0.15) is 34.0 Å². The molecule has 0 amide bonds. The third-order valence-electron chi connectivity index (χ3n) is 3.24. The number of aldehydes is 1. The Hall–Kier alpha value is -1.90. The van der Waals surface area contributed by atoms with Crippen molar-refractivity contribution in [1.82, 2.24) is 4.98 Å². The summed E-state index contributed by atoms with van der Waals surface area (Å²) in [5, 5.41) is 0. The van der Waals surface area contributed by atoms with E-state index in [2.05, 4.69) is 17.1 Å². The van der Waals surface area contributed by atoms with Gasteiger partial charge in [-0.25, -0.2) is 4.98 Å². The molecule has 0 radical (unpaired) electrons. The van der Waals surface area contributed by atoms with Crippen LogP contribution in [0.25, 0.3) is 11.3 Å². The lowest BCUT2D eigenvalue weighted by Crippen LogP contribution is -1.88. The van der Waals surface area contributed by atoms with Gasteiger partial charge in [-0.2, -0.15) is 0 Å². The predicted molar refractivity (Wildman–Crippen MR) is 64.1 cm³/mol. The molecule has 0 unspecified atom stereocenters. The molecule has 3 heteroatoms. The Morgan fingerprint density at radius 3 is 2.94 bits per heavy atom. The highest BCUT2D eigenvalue weighted by Gasteiger charge is 2.16. The Balaban J connectivity index is 2.12. The summed E-state index contributed by atoms with van der Waals surface area (Å²) in [6.45, 7) is 1.75. The molecule has 0 saturated carbocycles. The van der Waals surface area contributed by atoms with Crippen molar-refractivity contribution >= 4 is 6.29 Å². The van der Waals surface area contributed by atoms with E-state index in [9.17, 15) is 4.79 Å². The number of aryl methyl sites for hydroxylation is 3. The fourth-order valence-electron chi connectivity index (χ4n) is 2.45. The van der Waals surface area contributed by atoms with Gasteiger partial charge in [-0.3, -0.25) is 4.79 Å². The van der Waals surface area contributed by atoms with Gasteiger partial charge in [-0.15, -0.1) is 0 Å². The normalized spacial score (nSPS) is 13.7. The van der Waals surface area contributed by atoms with Gasteiger partial charge in [-0.1, -0.05) is 12.1 Å². The van der Waals surface area contributed by atoms with E-state index in [0.29, 0.717) is 17.3 Å². The van der Waals surface area contributed by atoms with Gasteiger partial charge in [0.05, 0.1) is 0 Å². The van der Waals surface area contributed by atoms with E-state index in [4.69, 9.17) is 4.42 Å². The van der Waals surface area contributed by atoms with Crippen molar-refractivity contribution in [1.29, 1.82) is 0 Å². The monoisotopic (exact) mass is 227 g/mol. The molecule has 1 aliphatic rings. The molecule has 0 N–H and O–H groups in total. The zero-order chi connectivity index (χ0) is 11.8. The molecule has 3 nitrogen and oxygen atoms in total. The predicted octanol–water partition coefficient (Wildman–Crippen LogP) is 2.95. The van der Waals surface area contributed by atoms with Gasteiger partial charge in [0.25, 0.3) is 0 Å². The van der Waals surface area contributed by atoms with Crippen LogP contribution in [0.4, 0.5) is 0 Å². The van der Waals surface area contributed by atoms with Gasteiger partial charge in [0, 0.05) is 12.5 Å². The average molecular weight is 227 g/mol. The molecule has 0 saturated heterocycles. The molecule has 3 rings (SSSR count). The number of rotatable bonds is 2. The maximum Gasteiger partial charge on any atom is 0.195 e. The fourth-order valence-corrected chi connectivity index (χ4v) is 2.45. The highest BCUT2D eigenvalue weighted by atomic mass is 16.4. The number of hydrogen-bond donors (Lipinski definition) is 0. The summed E-state index contributed by atoms with van der Waals surface area (Å²) in [5.41, 5.74) is 4.43. The Morgan fingerprint density at radius 1 is 1.29 bits per heavy atom. The summed E-state index contributed by atoms with van der Waals surface area (Å²) in [4.78, 5) is 15.2. The first-order chi connectivity index (χ1) is 8.28. The highest BCUT2D eigenvalue weighted by Crippen LogP contribution is 2.29. The number of hydrogen-bond acceptors (Lipinski definition) is 3. The Morgan fingerprint density at radius 2 is 2.12 bits per heavy atom. The molecule has 0 aliphatic heterocycles. The number of fused-ring (bicyclic) bond motifs is 1. The van der Waals surface area contributed by atoms with Gasteiger partial charge in [0.1, 0.15) is 5.69 Å². The van der Waals surface area contributed by atoms with Gasteiger partial charge in [0.15, 0.2) is 17.9 Å².